The van der Waals surface area contributed by atoms with Crippen molar-refractivity contribution >= 4 is 17.3 Å². The highest BCUT2D eigenvalue weighted by atomic mass is 16.5. The van der Waals surface area contributed by atoms with E-state index in [2.05, 4.69) is 5.16 Å². The molecule has 1 heterocycles. The van der Waals surface area contributed by atoms with Gasteiger partial charge in [-0.15, -0.1) is 0 Å². The molecule has 0 saturated carbocycles. The summed E-state index contributed by atoms with van der Waals surface area (Å²) in [5.74, 6) is 0.441. The molecule has 2 N–H and O–H groups in total. The molecule has 1 aromatic carbocycles. The number of nitrogens with zero attached hydrogens (tertiary/aromatic N) is 2. The Labute approximate surface area is 112 Å². The van der Waals surface area contributed by atoms with E-state index in [9.17, 15) is 4.79 Å². The maximum atomic E-state index is 12.4. The quantitative estimate of drug-likeness (QED) is 0.857. The lowest BCUT2D eigenvalue weighted by molar-refractivity contribution is 0.0978. The summed E-state index contributed by atoms with van der Waals surface area (Å²) < 4.78 is 4.95. The summed E-state index contributed by atoms with van der Waals surface area (Å²) in [5.41, 5.74) is 7.48. The van der Waals surface area contributed by atoms with Crippen LogP contribution in [0.3, 0.4) is 0 Å². The number of benzene rings is 1. The molecule has 0 unspecified atom stereocenters. The Hall–Kier alpha value is -2.30. The molecule has 0 fully saturated rings. The van der Waals surface area contributed by atoms with E-state index < -0.39 is 0 Å². The summed E-state index contributed by atoms with van der Waals surface area (Å²) >= 11 is 0. The fourth-order valence-electron chi connectivity index (χ4n) is 1.87. The first-order valence-corrected chi connectivity index (χ1v) is 6.22. The predicted octanol–water partition coefficient (Wildman–Crippen LogP) is 2.62. The largest absolute Gasteiger partial charge is 0.399 e. The number of amides is 1. The fraction of sp³-hybridized carbons (Fsp3) is 0.286. The Balaban J connectivity index is 2.32. The summed E-state index contributed by atoms with van der Waals surface area (Å²) in [6, 6.07) is 8.89. The van der Waals surface area contributed by atoms with Crippen molar-refractivity contribution in [1.29, 1.82) is 0 Å². The van der Waals surface area contributed by atoms with Crippen molar-refractivity contribution in [1.82, 2.24) is 5.16 Å². The van der Waals surface area contributed by atoms with Crippen molar-refractivity contribution in [3.05, 3.63) is 41.8 Å². The van der Waals surface area contributed by atoms with E-state index in [4.69, 9.17) is 10.3 Å². The molecular formula is C14H17N3O2. The van der Waals surface area contributed by atoms with E-state index in [0.717, 1.165) is 12.1 Å². The molecular weight excluding hydrogens is 242 g/mol. The van der Waals surface area contributed by atoms with Gasteiger partial charge in [-0.3, -0.25) is 4.79 Å². The number of rotatable bonds is 4. The van der Waals surface area contributed by atoms with Gasteiger partial charge in [0.15, 0.2) is 5.69 Å². The minimum atomic E-state index is -0.177. The Morgan fingerprint density at radius 2 is 2.21 bits per heavy atom. The molecule has 1 aromatic heterocycles. The predicted molar refractivity (Wildman–Crippen MR) is 74.1 cm³/mol. The van der Waals surface area contributed by atoms with Gasteiger partial charge in [0.05, 0.1) is 0 Å². The lowest BCUT2D eigenvalue weighted by Gasteiger charge is -2.21. The summed E-state index contributed by atoms with van der Waals surface area (Å²) in [6.07, 6.45) is 0.845. The van der Waals surface area contributed by atoms with Gasteiger partial charge >= 0.3 is 0 Å². The van der Waals surface area contributed by atoms with Crippen LogP contribution in [0.4, 0.5) is 11.4 Å². The van der Waals surface area contributed by atoms with Crippen LogP contribution in [0.5, 0.6) is 0 Å². The molecule has 0 aliphatic heterocycles. The topological polar surface area (TPSA) is 72.4 Å². The van der Waals surface area contributed by atoms with Crippen LogP contribution in [-0.4, -0.2) is 17.6 Å². The average Bonchev–Trinajstić information content (AvgIpc) is 2.82. The molecule has 0 aliphatic carbocycles. The zero-order valence-electron chi connectivity index (χ0n) is 11.1. The van der Waals surface area contributed by atoms with Gasteiger partial charge < -0.3 is 15.2 Å². The second-order valence-corrected chi connectivity index (χ2v) is 4.37. The van der Waals surface area contributed by atoms with Gasteiger partial charge in [0, 0.05) is 24.0 Å². The maximum Gasteiger partial charge on any atom is 0.280 e. The normalized spacial score (nSPS) is 10.4. The number of aromatic nitrogens is 1. The van der Waals surface area contributed by atoms with Crippen molar-refractivity contribution in [3.8, 4) is 0 Å². The van der Waals surface area contributed by atoms with E-state index >= 15 is 0 Å². The van der Waals surface area contributed by atoms with Gasteiger partial charge in [-0.05, 0) is 31.5 Å². The molecule has 5 heteroatoms. The van der Waals surface area contributed by atoms with Gasteiger partial charge in [0.25, 0.3) is 5.91 Å². The van der Waals surface area contributed by atoms with Gasteiger partial charge in [0.1, 0.15) is 5.76 Å². The van der Waals surface area contributed by atoms with Gasteiger partial charge in [-0.25, -0.2) is 0 Å². The van der Waals surface area contributed by atoms with Crippen LogP contribution < -0.4 is 10.6 Å². The van der Waals surface area contributed by atoms with Crippen molar-refractivity contribution in [2.24, 2.45) is 0 Å². The highest BCUT2D eigenvalue weighted by Crippen LogP contribution is 2.20. The zero-order valence-corrected chi connectivity index (χ0v) is 11.1. The Kier molecular flexibility index (Phi) is 3.85. The van der Waals surface area contributed by atoms with Crippen molar-refractivity contribution in [3.63, 3.8) is 0 Å². The minimum absolute atomic E-state index is 0.177. The summed E-state index contributed by atoms with van der Waals surface area (Å²) in [6.45, 7) is 4.38. The Morgan fingerprint density at radius 3 is 2.79 bits per heavy atom. The first-order chi connectivity index (χ1) is 9.11. The molecule has 0 saturated heterocycles. The van der Waals surface area contributed by atoms with E-state index in [1.165, 1.54) is 0 Å². The smallest absolute Gasteiger partial charge is 0.280 e. The van der Waals surface area contributed by atoms with Crippen LogP contribution in [0.15, 0.2) is 34.9 Å². The third kappa shape index (κ3) is 2.93. The molecule has 0 bridgehead atoms. The molecule has 0 radical (unpaired) electrons. The summed E-state index contributed by atoms with van der Waals surface area (Å²) in [4.78, 5) is 14.1. The van der Waals surface area contributed by atoms with E-state index in [1.807, 2.05) is 19.1 Å². The molecule has 100 valence electrons. The van der Waals surface area contributed by atoms with Gasteiger partial charge in [0.2, 0.25) is 0 Å². The number of carbonyl (C=O) groups is 1. The fourth-order valence-corrected chi connectivity index (χ4v) is 1.87. The molecule has 2 rings (SSSR count). The standard InChI is InChI=1S/C14H17N3O2/c1-3-7-17(12-6-4-5-11(15)9-12)14(18)13-8-10(2)19-16-13/h4-6,8-9H,3,7,15H2,1-2H3. The molecule has 0 spiro atoms. The number of anilines is 2. The number of nitrogen functional groups attached to an aromatic ring is 1. The second-order valence-electron chi connectivity index (χ2n) is 4.37. The number of carbonyl (C=O) groups excluding carboxylic acids is 1. The minimum Gasteiger partial charge on any atom is -0.399 e. The highest BCUT2D eigenvalue weighted by molar-refractivity contribution is 6.04. The van der Waals surface area contributed by atoms with Crippen molar-refractivity contribution in [2.45, 2.75) is 20.3 Å². The maximum absolute atomic E-state index is 12.4. The van der Waals surface area contributed by atoms with Crippen LogP contribution in [0.1, 0.15) is 29.6 Å². The number of hydrogen-bond donors (Lipinski definition) is 1. The van der Waals surface area contributed by atoms with E-state index in [0.29, 0.717) is 23.7 Å². The zero-order chi connectivity index (χ0) is 13.8. The SMILES string of the molecule is CCCN(C(=O)c1cc(C)on1)c1cccc(N)c1. The molecule has 19 heavy (non-hydrogen) atoms. The highest BCUT2D eigenvalue weighted by Gasteiger charge is 2.20. The Bertz CT molecular complexity index is 578. The van der Waals surface area contributed by atoms with Crippen LogP contribution in [0.25, 0.3) is 0 Å². The second kappa shape index (κ2) is 5.56. The summed E-state index contributed by atoms with van der Waals surface area (Å²) in [5, 5.41) is 3.77. The number of nitrogens with two attached hydrogens (primary N) is 1. The van der Waals surface area contributed by atoms with Crippen molar-refractivity contribution in [2.75, 3.05) is 17.2 Å². The number of hydrogen-bond acceptors (Lipinski definition) is 4. The monoisotopic (exact) mass is 259 g/mol. The van der Waals surface area contributed by atoms with E-state index in [1.54, 1.807) is 30.0 Å². The third-order valence-corrected chi connectivity index (χ3v) is 2.72. The molecule has 0 aliphatic rings. The van der Waals surface area contributed by atoms with Crippen LogP contribution in [-0.2, 0) is 0 Å². The molecule has 2 aromatic rings. The van der Waals surface area contributed by atoms with Crippen LogP contribution in [0.2, 0.25) is 0 Å². The Morgan fingerprint density at radius 1 is 1.42 bits per heavy atom. The number of aryl methyl sites for hydroxylation is 1. The average molecular weight is 259 g/mol. The van der Waals surface area contributed by atoms with E-state index in [-0.39, 0.29) is 5.91 Å². The summed E-state index contributed by atoms with van der Waals surface area (Å²) in [7, 11) is 0. The lowest BCUT2D eigenvalue weighted by Crippen LogP contribution is -2.31. The van der Waals surface area contributed by atoms with Crippen molar-refractivity contribution < 1.29 is 9.32 Å². The molecule has 5 nitrogen and oxygen atoms in total. The molecule has 1 amide bonds. The van der Waals surface area contributed by atoms with Crippen LogP contribution >= 0.6 is 0 Å². The lowest BCUT2D eigenvalue weighted by atomic mass is 10.2. The third-order valence-electron chi connectivity index (χ3n) is 2.72. The van der Waals surface area contributed by atoms with Gasteiger partial charge in [-0.2, -0.15) is 0 Å². The van der Waals surface area contributed by atoms with Crippen LogP contribution in [0, 0.1) is 6.92 Å². The van der Waals surface area contributed by atoms with Gasteiger partial charge in [-0.1, -0.05) is 18.1 Å². The molecule has 0 atom stereocenters. The first kappa shape index (κ1) is 13.1. The first-order valence-electron chi connectivity index (χ1n) is 6.22.